The number of pyridine rings is 1. The van der Waals surface area contributed by atoms with Gasteiger partial charge in [-0.05, 0) is 26.2 Å². The summed E-state index contributed by atoms with van der Waals surface area (Å²) in [6, 6.07) is 5.88. The van der Waals surface area contributed by atoms with Gasteiger partial charge in [0.25, 0.3) is 0 Å². The van der Waals surface area contributed by atoms with Gasteiger partial charge in [-0.3, -0.25) is 4.79 Å². The number of ether oxygens (including phenoxy) is 1. The van der Waals surface area contributed by atoms with E-state index in [0.717, 1.165) is 17.6 Å². The SMILES string of the molecule is CN(C)CC1CN(C(=O)Cc2cnn3ccccc23)CCO1. The van der Waals surface area contributed by atoms with Crippen molar-refractivity contribution < 1.29 is 9.53 Å². The maximum absolute atomic E-state index is 12.6. The second-order valence-electron chi connectivity index (χ2n) is 5.97. The second-order valence-corrected chi connectivity index (χ2v) is 5.97. The van der Waals surface area contributed by atoms with Crippen molar-refractivity contribution in [2.24, 2.45) is 0 Å². The van der Waals surface area contributed by atoms with E-state index >= 15 is 0 Å². The summed E-state index contributed by atoms with van der Waals surface area (Å²) < 4.78 is 7.52. The van der Waals surface area contributed by atoms with E-state index in [1.807, 2.05) is 43.4 Å². The second kappa shape index (κ2) is 6.46. The van der Waals surface area contributed by atoms with Crippen LogP contribution in [0.2, 0.25) is 0 Å². The van der Waals surface area contributed by atoms with Crippen molar-refractivity contribution in [2.45, 2.75) is 12.5 Å². The molecule has 1 unspecified atom stereocenters. The van der Waals surface area contributed by atoms with E-state index in [-0.39, 0.29) is 12.0 Å². The van der Waals surface area contributed by atoms with Gasteiger partial charge >= 0.3 is 0 Å². The van der Waals surface area contributed by atoms with Gasteiger partial charge in [0.2, 0.25) is 5.91 Å². The number of carbonyl (C=O) groups excluding carboxylic acids is 1. The maximum atomic E-state index is 12.6. The highest BCUT2D eigenvalue weighted by Crippen LogP contribution is 2.14. The molecule has 6 heteroatoms. The van der Waals surface area contributed by atoms with Gasteiger partial charge in [-0.25, -0.2) is 4.52 Å². The van der Waals surface area contributed by atoms with Crippen molar-refractivity contribution >= 4 is 11.4 Å². The van der Waals surface area contributed by atoms with Crippen LogP contribution in [0.4, 0.5) is 0 Å². The zero-order valence-electron chi connectivity index (χ0n) is 13.1. The third-order valence-corrected chi connectivity index (χ3v) is 3.91. The number of fused-ring (bicyclic) bond motifs is 1. The van der Waals surface area contributed by atoms with E-state index in [2.05, 4.69) is 10.00 Å². The van der Waals surface area contributed by atoms with E-state index in [1.54, 1.807) is 10.7 Å². The number of nitrogens with zero attached hydrogens (tertiary/aromatic N) is 4. The van der Waals surface area contributed by atoms with Crippen LogP contribution in [0.3, 0.4) is 0 Å². The standard InChI is InChI=1S/C16H22N4O2/c1-18(2)11-14-12-19(7-8-22-14)16(21)9-13-10-17-20-6-4-3-5-15(13)20/h3-6,10,14H,7-9,11-12H2,1-2H3. The number of likely N-dealkylation sites (N-methyl/N-ethyl adjacent to an activating group) is 1. The lowest BCUT2D eigenvalue weighted by atomic mass is 10.1. The third-order valence-electron chi connectivity index (χ3n) is 3.91. The molecule has 6 nitrogen and oxygen atoms in total. The van der Waals surface area contributed by atoms with Crippen molar-refractivity contribution in [3.8, 4) is 0 Å². The quantitative estimate of drug-likeness (QED) is 0.833. The first-order chi connectivity index (χ1) is 10.6. The Morgan fingerprint density at radius 2 is 2.32 bits per heavy atom. The van der Waals surface area contributed by atoms with Gasteiger partial charge in [-0.15, -0.1) is 0 Å². The minimum absolute atomic E-state index is 0.0941. The summed E-state index contributed by atoms with van der Waals surface area (Å²) in [7, 11) is 4.03. The minimum Gasteiger partial charge on any atom is -0.373 e. The Balaban J connectivity index is 1.66. The predicted molar refractivity (Wildman–Crippen MR) is 83.8 cm³/mol. The maximum Gasteiger partial charge on any atom is 0.227 e. The number of hydrogen-bond donors (Lipinski definition) is 0. The zero-order chi connectivity index (χ0) is 15.5. The van der Waals surface area contributed by atoms with Gasteiger partial charge < -0.3 is 14.5 Å². The van der Waals surface area contributed by atoms with Gasteiger partial charge in [-0.1, -0.05) is 6.07 Å². The van der Waals surface area contributed by atoms with Crippen LogP contribution >= 0.6 is 0 Å². The molecule has 3 heterocycles. The summed E-state index contributed by atoms with van der Waals surface area (Å²) in [5, 5.41) is 4.29. The van der Waals surface area contributed by atoms with Gasteiger partial charge in [0.15, 0.2) is 0 Å². The van der Waals surface area contributed by atoms with Gasteiger partial charge in [-0.2, -0.15) is 5.10 Å². The topological polar surface area (TPSA) is 50.1 Å². The van der Waals surface area contributed by atoms with Crippen LogP contribution in [0.1, 0.15) is 5.56 Å². The Labute approximate surface area is 130 Å². The van der Waals surface area contributed by atoms with Crippen LogP contribution in [-0.2, 0) is 16.0 Å². The smallest absolute Gasteiger partial charge is 0.227 e. The predicted octanol–water partition coefficient (Wildman–Crippen LogP) is 0.666. The molecule has 1 aliphatic heterocycles. The number of rotatable bonds is 4. The Bertz CT molecular complexity index is 652. The number of aromatic nitrogens is 2. The number of hydrogen-bond acceptors (Lipinski definition) is 4. The lowest BCUT2D eigenvalue weighted by Crippen LogP contribution is -2.49. The van der Waals surface area contributed by atoms with Gasteiger partial charge in [0.1, 0.15) is 0 Å². The van der Waals surface area contributed by atoms with Gasteiger partial charge in [0.05, 0.1) is 30.8 Å². The summed E-state index contributed by atoms with van der Waals surface area (Å²) >= 11 is 0. The van der Waals surface area contributed by atoms with E-state index in [9.17, 15) is 4.79 Å². The Hall–Kier alpha value is -1.92. The highest BCUT2D eigenvalue weighted by Gasteiger charge is 2.25. The molecule has 2 aromatic rings. The molecule has 1 fully saturated rings. The molecule has 0 aliphatic carbocycles. The molecule has 0 saturated carbocycles. The molecular weight excluding hydrogens is 280 g/mol. The molecule has 0 spiro atoms. The van der Waals surface area contributed by atoms with Crippen LogP contribution in [-0.4, -0.2) is 71.8 Å². The molecule has 0 aromatic carbocycles. The minimum atomic E-state index is 0.0941. The number of morpholine rings is 1. The average Bonchev–Trinajstić information content (AvgIpc) is 2.90. The fraction of sp³-hybridized carbons (Fsp3) is 0.500. The van der Waals surface area contributed by atoms with Crippen molar-refractivity contribution in [2.75, 3.05) is 40.3 Å². The largest absolute Gasteiger partial charge is 0.373 e. The molecule has 0 radical (unpaired) electrons. The summed E-state index contributed by atoms with van der Waals surface area (Å²) in [5.41, 5.74) is 1.97. The van der Waals surface area contributed by atoms with E-state index in [4.69, 9.17) is 4.74 Å². The highest BCUT2D eigenvalue weighted by atomic mass is 16.5. The third kappa shape index (κ3) is 3.28. The molecule has 1 amide bonds. The van der Waals surface area contributed by atoms with Crippen molar-refractivity contribution in [3.05, 3.63) is 36.2 Å². The van der Waals surface area contributed by atoms with Crippen molar-refractivity contribution in [3.63, 3.8) is 0 Å². The Morgan fingerprint density at radius 1 is 1.45 bits per heavy atom. The van der Waals surface area contributed by atoms with Gasteiger partial charge in [0, 0.05) is 31.4 Å². The monoisotopic (exact) mass is 302 g/mol. The van der Waals surface area contributed by atoms with Crippen molar-refractivity contribution in [1.82, 2.24) is 19.4 Å². The fourth-order valence-corrected chi connectivity index (χ4v) is 2.86. The Kier molecular flexibility index (Phi) is 4.40. The van der Waals surface area contributed by atoms with Crippen LogP contribution < -0.4 is 0 Å². The molecule has 22 heavy (non-hydrogen) atoms. The Morgan fingerprint density at radius 3 is 3.14 bits per heavy atom. The highest BCUT2D eigenvalue weighted by molar-refractivity contribution is 5.81. The number of amides is 1. The first-order valence-electron chi connectivity index (χ1n) is 7.59. The molecular formula is C16H22N4O2. The first-order valence-corrected chi connectivity index (χ1v) is 7.59. The lowest BCUT2D eigenvalue weighted by molar-refractivity contribution is -0.138. The molecule has 2 aromatic heterocycles. The molecule has 1 atom stereocenters. The molecule has 0 N–H and O–H groups in total. The summed E-state index contributed by atoms with van der Waals surface area (Å²) in [5.74, 6) is 0.144. The lowest BCUT2D eigenvalue weighted by Gasteiger charge is -2.34. The number of carbonyl (C=O) groups is 1. The molecule has 0 bridgehead atoms. The summed E-state index contributed by atoms with van der Waals surface area (Å²) in [6.45, 7) is 2.78. The summed E-state index contributed by atoms with van der Waals surface area (Å²) in [6.07, 6.45) is 4.16. The van der Waals surface area contributed by atoms with Crippen LogP contribution in [0.15, 0.2) is 30.6 Å². The van der Waals surface area contributed by atoms with Crippen LogP contribution in [0, 0.1) is 0 Å². The molecule has 1 saturated heterocycles. The van der Waals surface area contributed by atoms with Crippen LogP contribution in [0.25, 0.3) is 5.52 Å². The zero-order valence-corrected chi connectivity index (χ0v) is 13.1. The molecule has 3 rings (SSSR count). The average molecular weight is 302 g/mol. The first kappa shape index (κ1) is 15.0. The fourth-order valence-electron chi connectivity index (χ4n) is 2.86. The molecule has 1 aliphatic rings. The van der Waals surface area contributed by atoms with E-state index in [0.29, 0.717) is 26.1 Å². The van der Waals surface area contributed by atoms with E-state index in [1.165, 1.54) is 0 Å². The van der Waals surface area contributed by atoms with Crippen LogP contribution in [0.5, 0.6) is 0 Å². The van der Waals surface area contributed by atoms with E-state index < -0.39 is 0 Å². The summed E-state index contributed by atoms with van der Waals surface area (Å²) in [4.78, 5) is 16.6. The molecule has 118 valence electrons. The van der Waals surface area contributed by atoms with Crippen molar-refractivity contribution in [1.29, 1.82) is 0 Å². The normalized spacial score (nSPS) is 19.0.